The Kier molecular flexibility index (Phi) is 5.45. The molecule has 0 amide bonds. The van der Waals surface area contributed by atoms with E-state index in [0.29, 0.717) is 5.92 Å². The number of hydrogen-bond acceptors (Lipinski definition) is 2. The van der Waals surface area contributed by atoms with Crippen LogP contribution in [0, 0.1) is 5.92 Å². The van der Waals surface area contributed by atoms with Crippen LogP contribution in [0.4, 0.5) is 0 Å². The predicted octanol–water partition coefficient (Wildman–Crippen LogP) is 3.80. The molecule has 3 nitrogen and oxygen atoms in total. The highest BCUT2D eigenvalue weighted by molar-refractivity contribution is 6.31. The van der Waals surface area contributed by atoms with Crippen molar-refractivity contribution in [2.24, 2.45) is 5.92 Å². The van der Waals surface area contributed by atoms with Crippen molar-refractivity contribution in [2.45, 2.75) is 50.3 Å². The lowest BCUT2D eigenvalue weighted by Gasteiger charge is -2.50. The first-order valence-electron chi connectivity index (χ1n) is 10.0. The van der Waals surface area contributed by atoms with Crippen LogP contribution in [0.1, 0.15) is 49.3 Å². The second-order valence-electron chi connectivity index (χ2n) is 8.13. The van der Waals surface area contributed by atoms with Gasteiger partial charge in [0.05, 0.1) is 19.3 Å². The Balaban J connectivity index is 1.69. The van der Waals surface area contributed by atoms with E-state index in [1.54, 1.807) is 7.11 Å². The van der Waals surface area contributed by atoms with Crippen molar-refractivity contribution in [3.8, 4) is 5.75 Å². The van der Waals surface area contributed by atoms with Crippen LogP contribution < -0.4 is 9.64 Å². The molecule has 2 fully saturated rings. The Bertz CT molecular complexity index is 778. The molecular formula is C23H29ClNO2+. The number of methoxy groups -OCH3 is 1. The summed E-state index contributed by atoms with van der Waals surface area (Å²) in [5.41, 5.74) is 1.96. The molecule has 4 atom stereocenters. The van der Waals surface area contributed by atoms with Crippen LogP contribution >= 0.6 is 11.6 Å². The van der Waals surface area contributed by atoms with Crippen LogP contribution in [0.2, 0.25) is 5.02 Å². The Labute approximate surface area is 166 Å². The maximum Gasteiger partial charge on any atom is 0.119 e. The van der Waals surface area contributed by atoms with E-state index >= 15 is 0 Å². The van der Waals surface area contributed by atoms with Gasteiger partial charge in [-0.05, 0) is 43.2 Å². The minimum absolute atomic E-state index is 0.284. The molecule has 2 N–H and O–H groups in total. The number of fused-ring (bicyclic) bond motifs is 1. The monoisotopic (exact) mass is 386 g/mol. The number of halogens is 1. The van der Waals surface area contributed by atoms with E-state index in [4.69, 9.17) is 16.3 Å². The summed E-state index contributed by atoms with van der Waals surface area (Å²) >= 11 is 6.46. The molecule has 0 spiro atoms. The first-order chi connectivity index (χ1) is 13.1. The zero-order valence-corrected chi connectivity index (χ0v) is 16.7. The molecule has 4 heteroatoms. The van der Waals surface area contributed by atoms with Gasteiger partial charge in [-0.15, -0.1) is 0 Å². The predicted molar refractivity (Wildman–Crippen MR) is 108 cm³/mol. The molecule has 0 radical (unpaired) electrons. The SMILES string of the molecule is COc1ccc([C@H]2[C@H]3CCCC[C@]3(O)CC[NH+]2Cc2ccccc2Cl)cc1. The van der Waals surface area contributed by atoms with Gasteiger partial charge in [0.1, 0.15) is 18.3 Å². The summed E-state index contributed by atoms with van der Waals surface area (Å²) in [6.45, 7) is 1.86. The lowest BCUT2D eigenvalue weighted by Crippen LogP contribution is -3.13. The summed E-state index contributed by atoms with van der Waals surface area (Å²) in [6.07, 6.45) is 5.26. The van der Waals surface area contributed by atoms with Gasteiger partial charge in [0.15, 0.2) is 0 Å². The third-order valence-electron chi connectivity index (χ3n) is 6.64. The molecule has 0 aromatic heterocycles. The first-order valence-corrected chi connectivity index (χ1v) is 10.4. The van der Waals surface area contributed by atoms with Crippen molar-refractivity contribution < 1.29 is 14.7 Å². The molecule has 1 unspecified atom stereocenters. The minimum Gasteiger partial charge on any atom is -0.497 e. The number of nitrogens with one attached hydrogen (secondary N) is 1. The Morgan fingerprint density at radius 2 is 1.89 bits per heavy atom. The van der Waals surface area contributed by atoms with E-state index in [1.807, 2.05) is 24.3 Å². The van der Waals surface area contributed by atoms with Crippen molar-refractivity contribution in [1.82, 2.24) is 0 Å². The number of ether oxygens (including phenoxy) is 1. The van der Waals surface area contributed by atoms with Crippen LogP contribution in [-0.2, 0) is 6.54 Å². The van der Waals surface area contributed by atoms with Gasteiger partial charge in [-0.25, -0.2) is 0 Å². The summed E-state index contributed by atoms with van der Waals surface area (Å²) in [7, 11) is 1.70. The van der Waals surface area contributed by atoms with E-state index < -0.39 is 5.60 Å². The molecule has 1 heterocycles. The number of rotatable bonds is 4. The van der Waals surface area contributed by atoms with Gasteiger partial charge in [-0.3, -0.25) is 0 Å². The van der Waals surface area contributed by atoms with Crippen LogP contribution in [0.15, 0.2) is 48.5 Å². The summed E-state index contributed by atoms with van der Waals surface area (Å²) in [5, 5.41) is 12.2. The average Bonchev–Trinajstić information content (AvgIpc) is 2.70. The average molecular weight is 387 g/mol. The fourth-order valence-electron chi connectivity index (χ4n) is 5.22. The molecule has 1 aliphatic carbocycles. The molecule has 2 aromatic rings. The quantitative estimate of drug-likeness (QED) is 0.838. The third-order valence-corrected chi connectivity index (χ3v) is 7.01. The Morgan fingerprint density at radius 3 is 2.63 bits per heavy atom. The largest absolute Gasteiger partial charge is 0.497 e. The van der Waals surface area contributed by atoms with E-state index in [1.165, 1.54) is 22.4 Å². The summed E-state index contributed by atoms with van der Waals surface area (Å²) in [5.74, 6) is 1.17. The van der Waals surface area contributed by atoms with E-state index in [0.717, 1.165) is 49.5 Å². The van der Waals surface area contributed by atoms with Crippen molar-refractivity contribution in [2.75, 3.05) is 13.7 Å². The molecule has 144 valence electrons. The highest BCUT2D eigenvalue weighted by Gasteiger charge is 2.51. The topological polar surface area (TPSA) is 33.9 Å². The first kappa shape index (κ1) is 18.8. The summed E-state index contributed by atoms with van der Waals surface area (Å²) in [6, 6.07) is 16.9. The zero-order valence-electron chi connectivity index (χ0n) is 16.0. The Hall–Kier alpha value is -1.55. The lowest BCUT2D eigenvalue weighted by molar-refractivity contribution is -0.958. The second-order valence-corrected chi connectivity index (χ2v) is 8.54. The molecule has 1 saturated carbocycles. The van der Waals surface area contributed by atoms with Crippen LogP contribution in [-0.4, -0.2) is 24.4 Å². The molecular weight excluding hydrogens is 358 g/mol. The molecule has 4 rings (SSSR count). The van der Waals surface area contributed by atoms with E-state index in [2.05, 4.69) is 24.3 Å². The standard InChI is InChI=1S/C23H28ClNO2/c1-27-19-11-9-17(10-12-19)22-20-7-4-5-13-23(20,26)14-15-25(22)16-18-6-2-3-8-21(18)24/h2-3,6,8-12,20,22,26H,4-5,7,13-16H2,1H3/p+1/t20-,22+,23+/m1/s1. The van der Waals surface area contributed by atoms with Crippen LogP contribution in [0.5, 0.6) is 5.75 Å². The van der Waals surface area contributed by atoms with Crippen molar-refractivity contribution in [3.05, 3.63) is 64.7 Å². The van der Waals surface area contributed by atoms with Crippen LogP contribution in [0.25, 0.3) is 0 Å². The molecule has 27 heavy (non-hydrogen) atoms. The number of likely N-dealkylation sites (tertiary alicyclic amines) is 1. The van der Waals surface area contributed by atoms with Gasteiger partial charge >= 0.3 is 0 Å². The zero-order chi connectivity index (χ0) is 18.9. The maximum absolute atomic E-state index is 11.4. The van der Waals surface area contributed by atoms with Crippen molar-refractivity contribution in [1.29, 1.82) is 0 Å². The van der Waals surface area contributed by atoms with Crippen LogP contribution in [0.3, 0.4) is 0 Å². The van der Waals surface area contributed by atoms with E-state index in [-0.39, 0.29) is 6.04 Å². The van der Waals surface area contributed by atoms with Crippen molar-refractivity contribution in [3.63, 3.8) is 0 Å². The number of aliphatic hydroxyl groups is 1. The highest BCUT2D eigenvalue weighted by Crippen LogP contribution is 2.44. The van der Waals surface area contributed by atoms with Crippen molar-refractivity contribution >= 4 is 11.6 Å². The van der Waals surface area contributed by atoms with Gasteiger partial charge in [-0.2, -0.15) is 0 Å². The Morgan fingerprint density at radius 1 is 1.11 bits per heavy atom. The smallest absolute Gasteiger partial charge is 0.119 e. The van der Waals surface area contributed by atoms with Gasteiger partial charge in [0.25, 0.3) is 0 Å². The lowest BCUT2D eigenvalue weighted by atomic mass is 9.66. The van der Waals surface area contributed by atoms with Gasteiger partial charge < -0.3 is 14.7 Å². The fourth-order valence-corrected chi connectivity index (χ4v) is 5.42. The summed E-state index contributed by atoms with van der Waals surface area (Å²) in [4.78, 5) is 1.50. The maximum atomic E-state index is 11.4. The minimum atomic E-state index is -0.521. The molecule has 0 bridgehead atoms. The number of piperidine rings is 1. The number of benzene rings is 2. The highest BCUT2D eigenvalue weighted by atomic mass is 35.5. The second kappa shape index (κ2) is 7.83. The van der Waals surface area contributed by atoms with Gasteiger partial charge in [-0.1, -0.05) is 42.6 Å². The number of hydrogen-bond donors (Lipinski definition) is 2. The van der Waals surface area contributed by atoms with Gasteiger partial charge in [0.2, 0.25) is 0 Å². The molecule has 2 aliphatic rings. The number of quaternary nitrogens is 1. The van der Waals surface area contributed by atoms with Gasteiger partial charge in [0, 0.05) is 28.5 Å². The summed E-state index contributed by atoms with van der Waals surface area (Å²) < 4.78 is 5.35. The fraction of sp³-hybridized carbons (Fsp3) is 0.478. The molecule has 1 aliphatic heterocycles. The third kappa shape index (κ3) is 3.73. The molecule has 1 saturated heterocycles. The van der Waals surface area contributed by atoms with E-state index in [9.17, 15) is 5.11 Å². The molecule has 2 aromatic carbocycles. The normalized spacial score (nSPS) is 30.6.